The Labute approximate surface area is 215 Å². The number of pyridine rings is 3. The van der Waals surface area contributed by atoms with E-state index in [0.29, 0.717) is 12.0 Å². The number of anilines is 1. The Hall–Kier alpha value is -3.66. The van der Waals surface area contributed by atoms with Crippen molar-refractivity contribution in [3.63, 3.8) is 0 Å². The second-order valence-corrected chi connectivity index (χ2v) is 11.0. The molecule has 0 aromatic carbocycles. The van der Waals surface area contributed by atoms with Crippen LogP contribution in [0.15, 0.2) is 61.3 Å². The summed E-state index contributed by atoms with van der Waals surface area (Å²) in [7, 11) is 0. The van der Waals surface area contributed by atoms with Crippen LogP contribution in [-0.2, 0) is 4.79 Å². The van der Waals surface area contributed by atoms with Gasteiger partial charge in [0.25, 0.3) is 0 Å². The van der Waals surface area contributed by atoms with Gasteiger partial charge in [0, 0.05) is 71.4 Å². The average molecular weight is 497 g/mol. The second-order valence-electron chi connectivity index (χ2n) is 11.0. The number of fused-ring (bicyclic) bond motifs is 2. The van der Waals surface area contributed by atoms with Crippen molar-refractivity contribution in [3.8, 4) is 11.1 Å². The molecule has 1 amide bonds. The average Bonchev–Trinajstić information content (AvgIpc) is 3.52. The van der Waals surface area contributed by atoms with E-state index in [-0.39, 0.29) is 18.0 Å². The lowest BCUT2D eigenvalue weighted by molar-refractivity contribution is -0.123. The highest BCUT2D eigenvalue weighted by atomic mass is 16.2. The van der Waals surface area contributed by atoms with Crippen molar-refractivity contribution in [1.82, 2.24) is 36.1 Å². The van der Waals surface area contributed by atoms with Gasteiger partial charge >= 0.3 is 0 Å². The van der Waals surface area contributed by atoms with E-state index < -0.39 is 5.41 Å². The fourth-order valence-corrected chi connectivity index (χ4v) is 5.36. The van der Waals surface area contributed by atoms with E-state index >= 15 is 0 Å². The molecule has 4 aromatic rings. The SMILES string of the molecule is CC(C)(C)C(=O)Nc1cncc(C2CC3C(CN2)NNC3c2cc3c(-c4cccnc4)ccnc3[nH]2)c1. The Kier molecular flexibility index (Phi) is 5.98. The van der Waals surface area contributed by atoms with Crippen molar-refractivity contribution in [2.45, 2.75) is 45.3 Å². The van der Waals surface area contributed by atoms with E-state index in [2.05, 4.69) is 53.6 Å². The maximum Gasteiger partial charge on any atom is 0.229 e. The summed E-state index contributed by atoms with van der Waals surface area (Å²) in [6.45, 7) is 6.54. The van der Waals surface area contributed by atoms with Gasteiger partial charge in [-0.15, -0.1) is 0 Å². The van der Waals surface area contributed by atoms with Crippen molar-refractivity contribution in [1.29, 1.82) is 0 Å². The largest absolute Gasteiger partial charge is 0.342 e. The number of nitrogens with one attached hydrogen (secondary N) is 5. The van der Waals surface area contributed by atoms with Crippen LogP contribution in [0.5, 0.6) is 0 Å². The molecular formula is C28H32N8O. The lowest BCUT2D eigenvalue weighted by Crippen LogP contribution is -2.46. The molecule has 2 saturated heterocycles. The van der Waals surface area contributed by atoms with E-state index in [0.717, 1.165) is 52.1 Å². The maximum atomic E-state index is 12.5. The Morgan fingerprint density at radius 3 is 2.76 bits per heavy atom. The smallest absolute Gasteiger partial charge is 0.229 e. The molecule has 37 heavy (non-hydrogen) atoms. The molecule has 2 aliphatic rings. The summed E-state index contributed by atoms with van der Waals surface area (Å²) in [5.41, 5.74) is 12.5. The fourth-order valence-electron chi connectivity index (χ4n) is 5.36. The second kappa shape index (κ2) is 9.33. The molecule has 5 N–H and O–H groups in total. The zero-order valence-electron chi connectivity index (χ0n) is 21.2. The van der Waals surface area contributed by atoms with Gasteiger partial charge in [-0.25, -0.2) is 10.4 Å². The third-order valence-corrected chi connectivity index (χ3v) is 7.42. The minimum Gasteiger partial charge on any atom is -0.342 e. The number of hydrazine groups is 1. The van der Waals surface area contributed by atoms with Crippen molar-refractivity contribution < 1.29 is 4.79 Å². The highest BCUT2D eigenvalue weighted by Crippen LogP contribution is 2.40. The van der Waals surface area contributed by atoms with Gasteiger partial charge in [0.05, 0.1) is 17.9 Å². The van der Waals surface area contributed by atoms with Gasteiger partial charge in [0.1, 0.15) is 5.65 Å². The van der Waals surface area contributed by atoms with E-state index in [1.165, 1.54) is 0 Å². The maximum absolute atomic E-state index is 12.5. The summed E-state index contributed by atoms with van der Waals surface area (Å²) in [6.07, 6.45) is 10.0. The lowest BCUT2D eigenvalue weighted by Gasteiger charge is -2.34. The van der Waals surface area contributed by atoms with Gasteiger partial charge in [-0.1, -0.05) is 26.8 Å². The Morgan fingerprint density at radius 1 is 1.05 bits per heavy atom. The number of piperidine rings is 1. The summed E-state index contributed by atoms with van der Waals surface area (Å²) in [5.74, 6) is 0.333. The van der Waals surface area contributed by atoms with Crippen LogP contribution in [0.4, 0.5) is 5.69 Å². The molecule has 2 fully saturated rings. The number of nitrogens with zero attached hydrogens (tertiary/aromatic N) is 3. The van der Waals surface area contributed by atoms with Crippen molar-refractivity contribution in [3.05, 3.63) is 72.6 Å². The first kappa shape index (κ1) is 23.7. The quantitative estimate of drug-likeness (QED) is 0.291. The Bertz CT molecular complexity index is 1430. The van der Waals surface area contributed by atoms with Gasteiger partial charge in [-0.3, -0.25) is 20.2 Å². The van der Waals surface area contributed by atoms with Gasteiger partial charge in [0.2, 0.25) is 5.91 Å². The van der Waals surface area contributed by atoms with Crippen LogP contribution in [-0.4, -0.2) is 38.4 Å². The lowest BCUT2D eigenvalue weighted by atomic mass is 9.81. The van der Waals surface area contributed by atoms with Crippen molar-refractivity contribution in [2.75, 3.05) is 11.9 Å². The normalized spacial score (nSPS) is 23.6. The molecule has 0 radical (unpaired) electrons. The Balaban J connectivity index is 1.25. The molecule has 2 aliphatic heterocycles. The summed E-state index contributed by atoms with van der Waals surface area (Å²) < 4.78 is 0. The first-order valence-electron chi connectivity index (χ1n) is 12.8. The van der Waals surface area contributed by atoms with E-state index in [4.69, 9.17) is 0 Å². The summed E-state index contributed by atoms with van der Waals surface area (Å²) in [5, 5.41) is 7.76. The number of carbonyl (C=O) groups excluding carboxylic acids is 1. The van der Waals surface area contributed by atoms with E-state index in [1.807, 2.05) is 57.6 Å². The monoisotopic (exact) mass is 496 g/mol. The molecule has 4 aromatic heterocycles. The molecule has 0 bridgehead atoms. The first-order valence-corrected chi connectivity index (χ1v) is 12.8. The van der Waals surface area contributed by atoms with Crippen LogP contribution in [0.1, 0.15) is 50.5 Å². The third-order valence-electron chi connectivity index (χ3n) is 7.42. The van der Waals surface area contributed by atoms with Gasteiger partial charge < -0.3 is 15.6 Å². The molecule has 0 spiro atoms. The Morgan fingerprint density at radius 2 is 1.95 bits per heavy atom. The number of aromatic amines is 1. The fraction of sp³-hybridized carbons (Fsp3) is 0.357. The minimum atomic E-state index is -0.466. The predicted octanol–water partition coefficient (Wildman–Crippen LogP) is 3.87. The van der Waals surface area contributed by atoms with Gasteiger partial charge in [0.15, 0.2) is 0 Å². The molecule has 6 heterocycles. The zero-order valence-corrected chi connectivity index (χ0v) is 21.2. The van der Waals surface area contributed by atoms with E-state index in [9.17, 15) is 4.79 Å². The van der Waals surface area contributed by atoms with Crippen LogP contribution in [0.3, 0.4) is 0 Å². The first-order chi connectivity index (χ1) is 17.9. The molecule has 9 heteroatoms. The summed E-state index contributed by atoms with van der Waals surface area (Å²) in [6, 6.07) is 10.9. The summed E-state index contributed by atoms with van der Waals surface area (Å²) >= 11 is 0. The number of aromatic nitrogens is 4. The molecule has 0 aliphatic carbocycles. The standard InChI is InChI=1S/C28H32N8O/c1-28(2,3)27(37)33-18-9-17(13-30-14-18)22-11-21-24(15-32-22)35-36-25(21)23-10-20-19(6-8-31-26(20)34-23)16-5-4-7-29-12-16/h4-10,12-14,21-22,24-25,32,35-36H,11,15H2,1-3H3,(H,31,34)(H,33,37). The molecule has 9 nitrogen and oxygen atoms in total. The van der Waals surface area contributed by atoms with Crippen LogP contribution in [0, 0.1) is 11.3 Å². The molecule has 0 saturated carbocycles. The van der Waals surface area contributed by atoms with Gasteiger partial charge in [-0.05, 0) is 41.8 Å². The van der Waals surface area contributed by atoms with Crippen molar-refractivity contribution in [2.24, 2.45) is 11.3 Å². The number of hydrogen-bond acceptors (Lipinski definition) is 7. The molecular weight excluding hydrogens is 464 g/mol. The van der Waals surface area contributed by atoms with Gasteiger partial charge in [-0.2, -0.15) is 0 Å². The number of hydrogen-bond donors (Lipinski definition) is 5. The van der Waals surface area contributed by atoms with Crippen molar-refractivity contribution >= 4 is 22.6 Å². The summed E-state index contributed by atoms with van der Waals surface area (Å²) in [4.78, 5) is 29.3. The number of rotatable bonds is 4. The van der Waals surface area contributed by atoms with Crippen LogP contribution in [0.2, 0.25) is 0 Å². The number of H-pyrrole nitrogens is 1. The van der Waals surface area contributed by atoms with Crippen LogP contribution >= 0.6 is 0 Å². The molecule has 190 valence electrons. The number of carbonyl (C=O) groups is 1. The predicted molar refractivity (Wildman–Crippen MR) is 143 cm³/mol. The molecule has 4 atom stereocenters. The van der Waals surface area contributed by atoms with Crippen LogP contribution in [0.25, 0.3) is 22.2 Å². The van der Waals surface area contributed by atoms with Crippen LogP contribution < -0.4 is 21.5 Å². The highest BCUT2D eigenvalue weighted by molar-refractivity contribution is 5.94. The third kappa shape index (κ3) is 4.61. The molecule has 6 rings (SSSR count). The number of amides is 1. The topological polar surface area (TPSA) is 120 Å². The highest BCUT2D eigenvalue weighted by Gasteiger charge is 2.42. The minimum absolute atomic E-state index is 0.0227. The van der Waals surface area contributed by atoms with E-state index in [1.54, 1.807) is 12.4 Å². The zero-order chi connectivity index (χ0) is 25.6. The molecule has 4 unspecified atom stereocenters.